The predicted octanol–water partition coefficient (Wildman–Crippen LogP) is 3.11. The number of hydrazine groups is 1. The molecule has 122 valence electrons. The number of nitrogens with two attached hydrogens (primary N) is 1. The van der Waals surface area contributed by atoms with Gasteiger partial charge in [-0.2, -0.15) is 0 Å². The van der Waals surface area contributed by atoms with Gasteiger partial charge in [0.05, 0.1) is 5.69 Å². The maximum absolute atomic E-state index is 12.4. The summed E-state index contributed by atoms with van der Waals surface area (Å²) in [6.07, 6.45) is 1.61. The van der Waals surface area contributed by atoms with Gasteiger partial charge in [0, 0.05) is 0 Å². The number of para-hydroxylation sites is 1. The molecule has 0 aliphatic heterocycles. The highest BCUT2D eigenvalue weighted by Crippen LogP contribution is 2.26. The molecule has 0 aliphatic rings. The number of hydrogen-bond acceptors (Lipinski definition) is 3. The third-order valence-corrected chi connectivity index (χ3v) is 3.77. The van der Waals surface area contributed by atoms with E-state index in [9.17, 15) is 4.79 Å². The van der Waals surface area contributed by atoms with E-state index in [2.05, 4.69) is 5.43 Å². The van der Waals surface area contributed by atoms with Crippen LogP contribution < -0.4 is 16.2 Å². The summed E-state index contributed by atoms with van der Waals surface area (Å²) in [5.41, 5.74) is 11.6. The number of anilines is 1. The molecule has 5 nitrogen and oxygen atoms in total. The topological polar surface area (TPSA) is 71.5 Å². The van der Waals surface area contributed by atoms with Crippen LogP contribution in [0, 0.1) is 6.92 Å². The van der Waals surface area contributed by atoms with Crippen molar-refractivity contribution in [2.45, 2.75) is 33.6 Å². The number of carbonyl (C=O) groups excluding carboxylic acids is 1. The van der Waals surface area contributed by atoms with Crippen LogP contribution >= 0.6 is 12.2 Å². The molecule has 0 fully saturated rings. The normalized spacial score (nSPS) is 10.4. The number of hydrogen-bond donors (Lipinski definition) is 2. The van der Waals surface area contributed by atoms with Crippen LogP contribution in [0.3, 0.4) is 0 Å². The molecule has 2 aromatic rings. The van der Waals surface area contributed by atoms with Gasteiger partial charge >= 0.3 is 5.91 Å². The Morgan fingerprint density at radius 3 is 2.26 bits per heavy atom. The lowest BCUT2D eigenvalue weighted by Crippen LogP contribution is -2.49. The van der Waals surface area contributed by atoms with E-state index in [1.165, 1.54) is 5.01 Å². The van der Waals surface area contributed by atoms with Crippen LogP contribution in [-0.4, -0.2) is 11.0 Å². The lowest BCUT2D eigenvalue weighted by Gasteiger charge is -2.27. The van der Waals surface area contributed by atoms with E-state index in [1.54, 1.807) is 19.1 Å². The summed E-state index contributed by atoms with van der Waals surface area (Å²) in [6, 6.07) is 9.36. The predicted molar refractivity (Wildman–Crippen MR) is 95.4 cm³/mol. The summed E-state index contributed by atoms with van der Waals surface area (Å²) in [6.45, 7) is 5.88. The first-order valence-electron chi connectivity index (χ1n) is 7.55. The molecule has 0 unspecified atom stereocenters. The van der Waals surface area contributed by atoms with Crippen LogP contribution in [0.4, 0.5) is 5.69 Å². The minimum atomic E-state index is -0.390. The van der Waals surface area contributed by atoms with Gasteiger partial charge in [0.1, 0.15) is 5.76 Å². The SMILES string of the molecule is CCc1cccc(CC)c1N(NC(=O)c1ccc(C)o1)C(N)=S. The van der Waals surface area contributed by atoms with Crippen molar-refractivity contribution < 1.29 is 9.21 Å². The first-order chi connectivity index (χ1) is 11.0. The van der Waals surface area contributed by atoms with E-state index in [-0.39, 0.29) is 16.8 Å². The minimum Gasteiger partial charge on any atom is -0.456 e. The summed E-state index contributed by atoms with van der Waals surface area (Å²) in [7, 11) is 0. The number of nitrogens with zero attached hydrogens (tertiary/aromatic N) is 1. The average Bonchev–Trinajstić information content (AvgIpc) is 2.98. The molecule has 0 aliphatic carbocycles. The number of nitrogens with one attached hydrogen (secondary N) is 1. The van der Waals surface area contributed by atoms with Gasteiger partial charge in [-0.1, -0.05) is 32.0 Å². The summed E-state index contributed by atoms with van der Waals surface area (Å²) < 4.78 is 5.35. The molecule has 0 spiro atoms. The molecule has 3 N–H and O–H groups in total. The monoisotopic (exact) mass is 331 g/mol. The Morgan fingerprint density at radius 1 is 1.22 bits per heavy atom. The second kappa shape index (κ2) is 7.28. The molecule has 0 atom stereocenters. The van der Waals surface area contributed by atoms with Gasteiger partial charge in [0.15, 0.2) is 10.9 Å². The quantitative estimate of drug-likeness (QED) is 0.665. The van der Waals surface area contributed by atoms with Crippen LogP contribution in [0.25, 0.3) is 0 Å². The molecule has 0 radical (unpaired) electrons. The van der Waals surface area contributed by atoms with Gasteiger partial charge in [-0.3, -0.25) is 10.2 Å². The Bertz CT molecular complexity index is 702. The second-order valence-corrected chi connectivity index (χ2v) is 5.58. The van der Waals surface area contributed by atoms with E-state index in [1.807, 2.05) is 32.0 Å². The van der Waals surface area contributed by atoms with E-state index < -0.39 is 0 Å². The number of furan rings is 1. The molecule has 0 saturated carbocycles. The van der Waals surface area contributed by atoms with Gasteiger partial charge in [0.25, 0.3) is 0 Å². The average molecular weight is 331 g/mol. The Hall–Kier alpha value is -2.34. The molecule has 6 heteroatoms. The largest absolute Gasteiger partial charge is 0.456 e. The number of rotatable bonds is 4. The smallest absolute Gasteiger partial charge is 0.305 e. The number of benzene rings is 1. The van der Waals surface area contributed by atoms with Gasteiger partial charge in [-0.25, -0.2) is 5.01 Å². The zero-order valence-electron chi connectivity index (χ0n) is 13.6. The van der Waals surface area contributed by atoms with Crippen molar-refractivity contribution in [2.75, 3.05) is 5.01 Å². The van der Waals surface area contributed by atoms with Crippen molar-refractivity contribution in [2.24, 2.45) is 5.73 Å². The number of aryl methyl sites for hydroxylation is 3. The Labute approximate surface area is 141 Å². The molecular weight excluding hydrogens is 310 g/mol. The number of thiocarbonyl (C=S) groups is 1. The van der Waals surface area contributed by atoms with E-state index >= 15 is 0 Å². The van der Waals surface area contributed by atoms with Gasteiger partial charge in [0.2, 0.25) is 0 Å². The zero-order valence-corrected chi connectivity index (χ0v) is 14.4. The van der Waals surface area contributed by atoms with Crippen molar-refractivity contribution in [3.63, 3.8) is 0 Å². The first-order valence-corrected chi connectivity index (χ1v) is 7.96. The van der Waals surface area contributed by atoms with Crippen LogP contribution in [0.2, 0.25) is 0 Å². The highest BCUT2D eigenvalue weighted by molar-refractivity contribution is 7.80. The van der Waals surface area contributed by atoms with Crippen molar-refractivity contribution >= 4 is 28.9 Å². The van der Waals surface area contributed by atoms with Gasteiger partial charge in [-0.15, -0.1) is 0 Å². The molecule has 0 bridgehead atoms. The Balaban J connectivity index is 2.40. The highest BCUT2D eigenvalue weighted by Gasteiger charge is 2.21. The van der Waals surface area contributed by atoms with Crippen molar-refractivity contribution in [1.82, 2.24) is 5.43 Å². The second-order valence-electron chi connectivity index (χ2n) is 5.16. The maximum Gasteiger partial charge on any atom is 0.305 e. The lowest BCUT2D eigenvalue weighted by molar-refractivity contribution is 0.0926. The van der Waals surface area contributed by atoms with E-state index in [0.717, 1.165) is 29.7 Å². The minimum absolute atomic E-state index is 0.0808. The standard InChI is InChI=1S/C17H21N3O2S/c1-4-12-7-6-8-13(5-2)15(12)20(17(18)23)19-16(21)14-10-9-11(3)22-14/h6-10H,4-5H2,1-3H3,(H2,18,23)(H,19,21). The maximum atomic E-state index is 12.4. The first kappa shape index (κ1) is 17.0. The van der Waals surface area contributed by atoms with Crippen LogP contribution in [0.15, 0.2) is 34.7 Å². The van der Waals surface area contributed by atoms with Crippen LogP contribution in [0.5, 0.6) is 0 Å². The molecule has 1 aromatic heterocycles. The van der Waals surface area contributed by atoms with Gasteiger partial charge in [-0.05, 0) is 55.2 Å². The fourth-order valence-corrected chi connectivity index (χ4v) is 2.57. The molecule has 2 rings (SSSR count). The van der Waals surface area contributed by atoms with E-state index in [0.29, 0.717) is 5.76 Å². The molecule has 1 heterocycles. The van der Waals surface area contributed by atoms with Crippen molar-refractivity contribution in [3.8, 4) is 0 Å². The molecule has 1 aromatic carbocycles. The Morgan fingerprint density at radius 2 is 1.83 bits per heavy atom. The van der Waals surface area contributed by atoms with Crippen molar-refractivity contribution in [1.29, 1.82) is 0 Å². The highest BCUT2D eigenvalue weighted by atomic mass is 32.1. The number of carbonyl (C=O) groups is 1. The Kier molecular flexibility index (Phi) is 5.39. The summed E-state index contributed by atoms with van der Waals surface area (Å²) in [5.74, 6) is 0.495. The number of amides is 1. The van der Waals surface area contributed by atoms with Crippen LogP contribution in [0.1, 0.15) is 41.3 Å². The fraction of sp³-hybridized carbons (Fsp3) is 0.294. The van der Waals surface area contributed by atoms with Crippen LogP contribution in [-0.2, 0) is 12.8 Å². The molecule has 1 amide bonds. The van der Waals surface area contributed by atoms with E-state index in [4.69, 9.17) is 22.4 Å². The lowest BCUT2D eigenvalue weighted by atomic mass is 10.0. The molecule has 23 heavy (non-hydrogen) atoms. The summed E-state index contributed by atoms with van der Waals surface area (Å²) in [5, 5.41) is 1.55. The zero-order chi connectivity index (χ0) is 17.0. The summed E-state index contributed by atoms with van der Waals surface area (Å²) >= 11 is 5.15. The molecular formula is C17H21N3O2S. The third-order valence-electron chi connectivity index (χ3n) is 3.59. The summed E-state index contributed by atoms with van der Waals surface area (Å²) in [4.78, 5) is 12.4. The van der Waals surface area contributed by atoms with Gasteiger partial charge < -0.3 is 10.2 Å². The van der Waals surface area contributed by atoms with Crippen molar-refractivity contribution in [3.05, 3.63) is 53.0 Å². The third kappa shape index (κ3) is 3.71. The fourth-order valence-electron chi connectivity index (χ4n) is 2.44. The molecule has 0 saturated heterocycles.